The van der Waals surface area contributed by atoms with Crippen LogP contribution in [0.4, 0.5) is 5.69 Å². The van der Waals surface area contributed by atoms with Gasteiger partial charge in [-0.05, 0) is 12.1 Å². The van der Waals surface area contributed by atoms with Gasteiger partial charge in [0.1, 0.15) is 5.75 Å². The summed E-state index contributed by atoms with van der Waals surface area (Å²) in [6.45, 7) is 0.275. The molecule has 0 heterocycles. The average molecular weight is 251 g/mol. The van der Waals surface area contributed by atoms with E-state index in [1.807, 2.05) is 6.07 Å². The van der Waals surface area contributed by atoms with Crippen molar-refractivity contribution in [1.29, 1.82) is 5.26 Å². The molecule has 0 aliphatic rings. The fourth-order valence-corrected chi connectivity index (χ4v) is 2.25. The molecule has 0 bridgehead atoms. The third-order valence-corrected chi connectivity index (χ3v) is 3.37. The van der Waals surface area contributed by atoms with Crippen molar-refractivity contribution in [1.82, 2.24) is 5.32 Å². The number of hydrogen-bond acceptors (Lipinski definition) is 4. The predicted molar refractivity (Wildman–Crippen MR) is 65.4 cm³/mol. The van der Waals surface area contributed by atoms with Gasteiger partial charge in [0.2, 0.25) is 5.91 Å². The molecule has 5 nitrogen and oxygen atoms in total. The maximum Gasteiger partial charge on any atom is 0.233 e. The summed E-state index contributed by atoms with van der Waals surface area (Å²) in [5, 5.41) is 10.8. The summed E-state index contributed by atoms with van der Waals surface area (Å²) in [6.07, 6.45) is 0.242. The summed E-state index contributed by atoms with van der Waals surface area (Å²) in [5.74, 6) is -0.485. The van der Waals surface area contributed by atoms with E-state index in [1.54, 1.807) is 24.3 Å². The number of para-hydroxylation sites is 1. The number of nitriles is 1. The predicted octanol–water partition coefficient (Wildman–Crippen LogP) is 0.406. The molecule has 1 amide bonds. The molecule has 1 atom stereocenters. The van der Waals surface area contributed by atoms with E-state index in [2.05, 4.69) is 5.32 Å². The van der Waals surface area contributed by atoms with Crippen molar-refractivity contribution in [2.24, 2.45) is 0 Å². The SMILES string of the molecule is N#CCCNC(=O)CS(=O)c1ccccc1N. The minimum Gasteiger partial charge on any atom is -0.398 e. The minimum absolute atomic E-state index is 0.139. The standard InChI is InChI=1S/C11H13N3O2S/c12-6-3-7-14-11(15)8-17(16)10-5-2-1-4-9(10)13/h1-2,4-5H,3,7-8,13H2,(H,14,15). The number of benzene rings is 1. The number of amides is 1. The Kier molecular flexibility index (Phi) is 5.17. The van der Waals surface area contributed by atoms with E-state index in [9.17, 15) is 9.00 Å². The van der Waals surface area contributed by atoms with Crippen molar-refractivity contribution >= 4 is 22.4 Å². The van der Waals surface area contributed by atoms with E-state index in [1.165, 1.54) is 0 Å². The molecule has 0 saturated carbocycles. The summed E-state index contributed by atoms with van der Waals surface area (Å²) < 4.78 is 11.8. The number of hydrogen-bond donors (Lipinski definition) is 2. The van der Waals surface area contributed by atoms with Gasteiger partial charge < -0.3 is 11.1 Å². The lowest BCUT2D eigenvalue weighted by atomic mass is 10.3. The molecule has 0 fully saturated rings. The molecule has 0 saturated heterocycles. The highest BCUT2D eigenvalue weighted by molar-refractivity contribution is 7.86. The first-order valence-electron chi connectivity index (χ1n) is 5.01. The molecule has 1 aromatic rings. The van der Waals surface area contributed by atoms with Crippen LogP contribution in [0.25, 0.3) is 0 Å². The van der Waals surface area contributed by atoms with Crippen LogP contribution < -0.4 is 11.1 Å². The number of carbonyl (C=O) groups is 1. The summed E-state index contributed by atoms with van der Waals surface area (Å²) in [4.78, 5) is 11.8. The second-order valence-corrected chi connectivity index (χ2v) is 4.71. The van der Waals surface area contributed by atoms with E-state index in [-0.39, 0.29) is 24.6 Å². The fourth-order valence-electron chi connectivity index (χ4n) is 1.19. The number of carbonyl (C=O) groups excluding carboxylic acids is 1. The van der Waals surface area contributed by atoms with Crippen molar-refractivity contribution in [3.8, 4) is 6.07 Å². The molecule has 17 heavy (non-hydrogen) atoms. The van der Waals surface area contributed by atoms with Crippen molar-refractivity contribution < 1.29 is 9.00 Å². The van der Waals surface area contributed by atoms with Crippen molar-refractivity contribution in [3.05, 3.63) is 24.3 Å². The number of nitrogen functional groups attached to an aromatic ring is 1. The number of nitrogens with two attached hydrogens (primary N) is 1. The quantitative estimate of drug-likeness (QED) is 0.585. The molecular formula is C11H13N3O2S. The third kappa shape index (κ3) is 4.25. The van der Waals surface area contributed by atoms with Gasteiger partial charge in [0, 0.05) is 12.2 Å². The fraction of sp³-hybridized carbons (Fsp3) is 0.273. The summed E-state index contributed by atoms with van der Waals surface area (Å²) in [7, 11) is -1.45. The molecule has 0 aliphatic carbocycles. The highest BCUT2D eigenvalue weighted by atomic mass is 32.2. The molecule has 0 radical (unpaired) electrons. The zero-order chi connectivity index (χ0) is 12.7. The third-order valence-electron chi connectivity index (χ3n) is 1.99. The highest BCUT2D eigenvalue weighted by Crippen LogP contribution is 2.15. The summed E-state index contributed by atoms with van der Waals surface area (Å²) in [5.41, 5.74) is 6.06. The van der Waals surface area contributed by atoms with Crippen LogP contribution in [0.1, 0.15) is 6.42 Å². The van der Waals surface area contributed by atoms with Crippen LogP contribution in [0.15, 0.2) is 29.2 Å². The van der Waals surface area contributed by atoms with Crippen LogP contribution in [0.2, 0.25) is 0 Å². The van der Waals surface area contributed by atoms with Gasteiger partial charge in [-0.25, -0.2) is 0 Å². The Labute approximate surface area is 102 Å². The zero-order valence-corrected chi connectivity index (χ0v) is 10.00. The molecular weight excluding hydrogens is 238 g/mol. The molecule has 0 aliphatic heterocycles. The van der Waals surface area contributed by atoms with Crippen molar-refractivity contribution in [2.45, 2.75) is 11.3 Å². The van der Waals surface area contributed by atoms with Gasteiger partial charge in [-0.3, -0.25) is 9.00 Å². The lowest BCUT2D eigenvalue weighted by Crippen LogP contribution is -2.29. The van der Waals surface area contributed by atoms with Gasteiger partial charge in [0.15, 0.2) is 0 Å². The topological polar surface area (TPSA) is 96.0 Å². The normalized spacial score (nSPS) is 11.5. The molecule has 1 rings (SSSR count). The van der Waals surface area contributed by atoms with E-state index in [0.29, 0.717) is 10.6 Å². The maximum absolute atomic E-state index is 11.8. The van der Waals surface area contributed by atoms with E-state index in [0.717, 1.165) is 0 Å². The second-order valence-electron chi connectivity index (χ2n) is 3.29. The van der Waals surface area contributed by atoms with Crippen LogP contribution in [0, 0.1) is 11.3 Å². The second kappa shape index (κ2) is 6.66. The van der Waals surface area contributed by atoms with Crippen LogP contribution in [-0.2, 0) is 15.6 Å². The molecule has 6 heteroatoms. The molecule has 0 spiro atoms. The zero-order valence-electron chi connectivity index (χ0n) is 9.18. The molecule has 3 N–H and O–H groups in total. The Morgan fingerprint density at radius 1 is 1.47 bits per heavy atom. The first kappa shape index (κ1) is 13.2. The number of nitrogens with zero attached hydrogens (tertiary/aromatic N) is 1. The van der Waals surface area contributed by atoms with Crippen LogP contribution in [0.3, 0.4) is 0 Å². The molecule has 1 aromatic carbocycles. The molecule has 1 unspecified atom stereocenters. The minimum atomic E-state index is -1.45. The Morgan fingerprint density at radius 3 is 2.82 bits per heavy atom. The van der Waals surface area contributed by atoms with Crippen molar-refractivity contribution in [3.63, 3.8) is 0 Å². The average Bonchev–Trinajstić information content (AvgIpc) is 2.29. The van der Waals surface area contributed by atoms with Gasteiger partial charge in [0.05, 0.1) is 28.2 Å². The highest BCUT2D eigenvalue weighted by Gasteiger charge is 2.11. The first-order valence-corrected chi connectivity index (χ1v) is 6.33. The van der Waals surface area contributed by atoms with E-state index >= 15 is 0 Å². The Balaban J connectivity index is 2.53. The van der Waals surface area contributed by atoms with E-state index in [4.69, 9.17) is 11.0 Å². The largest absolute Gasteiger partial charge is 0.398 e. The number of nitrogens with one attached hydrogen (secondary N) is 1. The van der Waals surface area contributed by atoms with Crippen LogP contribution in [0.5, 0.6) is 0 Å². The van der Waals surface area contributed by atoms with Gasteiger partial charge in [-0.1, -0.05) is 12.1 Å². The molecule has 90 valence electrons. The monoisotopic (exact) mass is 251 g/mol. The van der Waals surface area contributed by atoms with Crippen LogP contribution in [-0.4, -0.2) is 22.4 Å². The van der Waals surface area contributed by atoms with Gasteiger partial charge in [0.25, 0.3) is 0 Å². The van der Waals surface area contributed by atoms with Crippen LogP contribution >= 0.6 is 0 Å². The Bertz CT molecular complexity index is 468. The maximum atomic E-state index is 11.8. The Morgan fingerprint density at radius 2 is 2.18 bits per heavy atom. The summed E-state index contributed by atoms with van der Waals surface area (Å²) in [6, 6.07) is 8.64. The molecule has 0 aromatic heterocycles. The summed E-state index contributed by atoms with van der Waals surface area (Å²) >= 11 is 0. The van der Waals surface area contributed by atoms with Gasteiger partial charge in [-0.15, -0.1) is 0 Å². The van der Waals surface area contributed by atoms with Gasteiger partial charge in [-0.2, -0.15) is 5.26 Å². The smallest absolute Gasteiger partial charge is 0.233 e. The van der Waals surface area contributed by atoms with Gasteiger partial charge >= 0.3 is 0 Å². The Hall–Kier alpha value is -1.87. The lowest BCUT2D eigenvalue weighted by Gasteiger charge is -2.05. The lowest BCUT2D eigenvalue weighted by molar-refractivity contribution is -0.118. The first-order chi connectivity index (χ1) is 8.15. The van der Waals surface area contributed by atoms with Crippen molar-refractivity contribution in [2.75, 3.05) is 18.0 Å². The van der Waals surface area contributed by atoms with E-state index < -0.39 is 10.8 Å². The number of rotatable bonds is 5. The number of anilines is 1.